The summed E-state index contributed by atoms with van der Waals surface area (Å²) in [6, 6.07) is 14.1. The number of rotatable bonds is 5. The van der Waals surface area contributed by atoms with Crippen LogP contribution < -0.4 is 10.9 Å². The molecule has 0 saturated carbocycles. The SMILES string of the molecule is COC(=O)c1cccc(Nc2nc(C)c(Cc3ccc(Cl)cc3)c(=O)[nH]2)c1. The number of methoxy groups -OCH3 is 1. The van der Waals surface area contributed by atoms with Gasteiger partial charge in [-0.05, 0) is 42.8 Å². The van der Waals surface area contributed by atoms with Crippen LogP contribution in [0, 0.1) is 6.92 Å². The van der Waals surface area contributed by atoms with Gasteiger partial charge in [-0.3, -0.25) is 9.78 Å². The van der Waals surface area contributed by atoms with Crippen molar-refractivity contribution in [1.82, 2.24) is 9.97 Å². The minimum absolute atomic E-state index is 0.218. The molecule has 0 saturated heterocycles. The van der Waals surface area contributed by atoms with Crippen LogP contribution in [0.1, 0.15) is 27.2 Å². The van der Waals surface area contributed by atoms with E-state index >= 15 is 0 Å². The van der Waals surface area contributed by atoms with Crippen LogP contribution in [-0.4, -0.2) is 23.0 Å². The third kappa shape index (κ3) is 4.54. The van der Waals surface area contributed by atoms with E-state index in [4.69, 9.17) is 16.3 Å². The number of ether oxygens (including phenoxy) is 1. The minimum atomic E-state index is -0.436. The van der Waals surface area contributed by atoms with E-state index in [2.05, 4.69) is 15.3 Å². The van der Waals surface area contributed by atoms with E-state index in [1.54, 1.807) is 43.3 Å². The maximum absolute atomic E-state index is 12.5. The molecule has 0 bridgehead atoms. The van der Waals surface area contributed by atoms with Crippen molar-refractivity contribution in [2.45, 2.75) is 13.3 Å². The Balaban J connectivity index is 1.83. The molecule has 3 rings (SSSR count). The number of carbonyl (C=O) groups excluding carboxylic acids is 1. The van der Waals surface area contributed by atoms with Gasteiger partial charge in [-0.1, -0.05) is 29.8 Å². The van der Waals surface area contributed by atoms with Gasteiger partial charge >= 0.3 is 5.97 Å². The molecule has 0 amide bonds. The summed E-state index contributed by atoms with van der Waals surface area (Å²) in [5, 5.41) is 3.66. The summed E-state index contributed by atoms with van der Waals surface area (Å²) in [5.41, 5.74) is 2.99. The average molecular weight is 384 g/mol. The first-order valence-corrected chi connectivity index (χ1v) is 8.63. The molecule has 0 aliphatic carbocycles. The molecule has 27 heavy (non-hydrogen) atoms. The Hall–Kier alpha value is -3.12. The number of benzene rings is 2. The summed E-state index contributed by atoms with van der Waals surface area (Å²) in [6.45, 7) is 1.79. The predicted molar refractivity (Wildman–Crippen MR) is 105 cm³/mol. The Morgan fingerprint density at radius 2 is 1.96 bits per heavy atom. The van der Waals surface area contributed by atoms with Gasteiger partial charge in [0.25, 0.3) is 5.56 Å². The molecular formula is C20H18ClN3O3. The number of aryl methyl sites for hydroxylation is 1. The van der Waals surface area contributed by atoms with Crippen molar-refractivity contribution in [3.63, 3.8) is 0 Å². The predicted octanol–water partition coefficient (Wildman–Crippen LogP) is 3.85. The van der Waals surface area contributed by atoms with Crippen LogP contribution in [0.25, 0.3) is 0 Å². The largest absolute Gasteiger partial charge is 0.465 e. The number of nitrogens with one attached hydrogen (secondary N) is 2. The lowest BCUT2D eigenvalue weighted by Gasteiger charge is -2.10. The second-order valence-corrected chi connectivity index (χ2v) is 6.42. The molecule has 2 N–H and O–H groups in total. The number of aromatic nitrogens is 2. The first-order valence-electron chi connectivity index (χ1n) is 8.26. The van der Waals surface area contributed by atoms with Crippen molar-refractivity contribution in [2.75, 3.05) is 12.4 Å². The van der Waals surface area contributed by atoms with Crippen molar-refractivity contribution in [1.29, 1.82) is 0 Å². The highest BCUT2D eigenvalue weighted by atomic mass is 35.5. The van der Waals surface area contributed by atoms with Crippen molar-refractivity contribution in [2.24, 2.45) is 0 Å². The van der Waals surface area contributed by atoms with E-state index in [-0.39, 0.29) is 5.56 Å². The van der Waals surface area contributed by atoms with Crippen LogP contribution in [0.15, 0.2) is 53.3 Å². The number of nitrogens with zero attached hydrogens (tertiary/aromatic N) is 1. The second kappa shape index (κ2) is 8.05. The number of hydrogen-bond donors (Lipinski definition) is 2. The van der Waals surface area contributed by atoms with E-state index in [0.717, 1.165) is 5.56 Å². The summed E-state index contributed by atoms with van der Waals surface area (Å²) < 4.78 is 4.71. The van der Waals surface area contributed by atoms with Gasteiger partial charge in [0, 0.05) is 22.7 Å². The summed E-state index contributed by atoms with van der Waals surface area (Å²) in [5.74, 6) is -0.131. The van der Waals surface area contributed by atoms with Crippen molar-refractivity contribution >= 4 is 29.2 Å². The van der Waals surface area contributed by atoms with Gasteiger partial charge in [0.1, 0.15) is 0 Å². The zero-order valence-corrected chi connectivity index (χ0v) is 15.6. The zero-order valence-electron chi connectivity index (χ0n) is 14.9. The van der Waals surface area contributed by atoms with Gasteiger partial charge in [0.2, 0.25) is 5.95 Å². The molecule has 0 fully saturated rings. The Morgan fingerprint density at radius 3 is 2.63 bits per heavy atom. The van der Waals surface area contributed by atoms with E-state index in [0.29, 0.717) is 39.9 Å². The minimum Gasteiger partial charge on any atom is -0.465 e. The van der Waals surface area contributed by atoms with Gasteiger partial charge in [-0.15, -0.1) is 0 Å². The van der Waals surface area contributed by atoms with Gasteiger partial charge in [-0.2, -0.15) is 0 Å². The summed E-state index contributed by atoms with van der Waals surface area (Å²) in [7, 11) is 1.32. The van der Waals surface area contributed by atoms with Gasteiger partial charge < -0.3 is 10.1 Å². The maximum atomic E-state index is 12.5. The van der Waals surface area contributed by atoms with Crippen molar-refractivity contribution in [3.05, 3.63) is 86.3 Å². The molecule has 1 heterocycles. The first kappa shape index (κ1) is 18.7. The Labute approximate surface area is 161 Å². The molecule has 0 unspecified atom stereocenters. The Bertz CT molecular complexity index is 1030. The molecule has 0 aliphatic heterocycles. The van der Waals surface area contributed by atoms with E-state index in [1.165, 1.54) is 7.11 Å². The molecular weight excluding hydrogens is 366 g/mol. The number of halogens is 1. The van der Waals surface area contributed by atoms with Gasteiger partial charge in [0.15, 0.2) is 0 Å². The van der Waals surface area contributed by atoms with Crippen LogP contribution in [0.4, 0.5) is 11.6 Å². The summed E-state index contributed by atoms with van der Waals surface area (Å²) in [4.78, 5) is 31.3. The third-order valence-electron chi connectivity index (χ3n) is 4.06. The molecule has 0 spiro atoms. The van der Waals surface area contributed by atoms with Gasteiger partial charge in [-0.25, -0.2) is 9.78 Å². The normalized spacial score (nSPS) is 10.5. The molecule has 3 aromatic rings. The molecule has 7 heteroatoms. The number of esters is 1. The third-order valence-corrected chi connectivity index (χ3v) is 4.31. The molecule has 0 atom stereocenters. The fraction of sp³-hybridized carbons (Fsp3) is 0.150. The summed E-state index contributed by atoms with van der Waals surface area (Å²) >= 11 is 5.90. The number of hydrogen-bond acceptors (Lipinski definition) is 5. The molecule has 6 nitrogen and oxygen atoms in total. The monoisotopic (exact) mass is 383 g/mol. The van der Waals surface area contributed by atoms with Crippen molar-refractivity contribution in [3.8, 4) is 0 Å². The standard InChI is InChI=1S/C20H18ClN3O3/c1-12-17(10-13-6-8-15(21)9-7-13)18(25)24-20(22-12)23-16-5-3-4-14(11-16)19(26)27-2/h3-9,11H,10H2,1-2H3,(H2,22,23,24,25). The molecule has 0 aliphatic rings. The number of carbonyl (C=O) groups is 1. The topological polar surface area (TPSA) is 84.1 Å². The van der Waals surface area contributed by atoms with Crippen LogP contribution in [0.2, 0.25) is 5.02 Å². The summed E-state index contributed by atoms with van der Waals surface area (Å²) in [6.07, 6.45) is 0.462. The lowest BCUT2D eigenvalue weighted by Crippen LogP contribution is -2.18. The zero-order chi connectivity index (χ0) is 19.4. The van der Waals surface area contributed by atoms with Crippen LogP contribution in [0.5, 0.6) is 0 Å². The van der Waals surface area contributed by atoms with E-state index < -0.39 is 5.97 Å². The van der Waals surface area contributed by atoms with Crippen LogP contribution in [0.3, 0.4) is 0 Å². The highest BCUT2D eigenvalue weighted by Gasteiger charge is 2.11. The van der Waals surface area contributed by atoms with Gasteiger partial charge in [0.05, 0.1) is 18.4 Å². The smallest absolute Gasteiger partial charge is 0.337 e. The van der Waals surface area contributed by atoms with Crippen molar-refractivity contribution < 1.29 is 9.53 Å². The fourth-order valence-corrected chi connectivity index (χ4v) is 2.79. The molecule has 0 radical (unpaired) electrons. The lowest BCUT2D eigenvalue weighted by atomic mass is 10.1. The Morgan fingerprint density at radius 1 is 1.22 bits per heavy atom. The molecule has 1 aromatic heterocycles. The quantitative estimate of drug-likeness (QED) is 0.654. The Kier molecular flexibility index (Phi) is 5.57. The second-order valence-electron chi connectivity index (χ2n) is 5.98. The first-order chi connectivity index (χ1) is 13.0. The van der Waals surface area contributed by atoms with Crippen LogP contribution in [-0.2, 0) is 11.2 Å². The number of H-pyrrole nitrogens is 1. The number of aromatic amines is 1. The maximum Gasteiger partial charge on any atom is 0.337 e. The number of anilines is 2. The molecule has 138 valence electrons. The van der Waals surface area contributed by atoms with Crippen LogP contribution >= 0.6 is 11.6 Å². The average Bonchev–Trinajstić information content (AvgIpc) is 2.66. The highest BCUT2D eigenvalue weighted by molar-refractivity contribution is 6.30. The lowest BCUT2D eigenvalue weighted by molar-refractivity contribution is 0.0601. The highest BCUT2D eigenvalue weighted by Crippen LogP contribution is 2.17. The van der Waals surface area contributed by atoms with E-state index in [1.807, 2.05) is 12.1 Å². The molecule has 2 aromatic carbocycles. The fourth-order valence-electron chi connectivity index (χ4n) is 2.66. The van der Waals surface area contributed by atoms with E-state index in [9.17, 15) is 9.59 Å².